The van der Waals surface area contributed by atoms with E-state index in [4.69, 9.17) is 16.3 Å². The van der Waals surface area contributed by atoms with Crippen molar-refractivity contribution in [3.8, 4) is 5.75 Å². The predicted octanol–water partition coefficient (Wildman–Crippen LogP) is 2.49. The number of fused-ring (bicyclic) bond motifs is 1. The van der Waals surface area contributed by atoms with Gasteiger partial charge in [-0.2, -0.15) is 0 Å². The van der Waals surface area contributed by atoms with Crippen molar-refractivity contribution in [3.63, 3.8) is 0 Å². The van der Waals surface area contributed by atoms with E-state index in [1.54, 1.807) is 6.07 Å². The summed E-state index contributed by atoms with van der Waals surface area (Å²) in [5.41, 5.74) is 0.619. The van der Waals surface area contributed by atoms with Crippen LogP contribution < -0.4 is 14.8 Å². The van der Waals surface area contributed by atoms with Gasteiger partial charge in [0.05, 0.1) is 17.0 Å². The molecule has 2 N–H and O–H groups in total. The quantitative estimate of drug-likeness (QED) is 0.729. The van der Waals surface area contributed by atoms with Crippen LogP contribution in [0.2, 0.25) is 5.02 Å². The molecule has 1 aliphatic rings. The number of hydrogen-bond acceptors (Lipinski definition) is 3. The highest BCUT2D eigenvalue weighted by molar-refractivity contribution is 7.98. The van der Waals surface area contributed by atoms with Gasteiger partial charge in [0, 0.05) is 0 Å². The van der Waals surface area contributed by atoms with Gasteiger partial charge in [-0.1, -0.05) is 11.6 Å². The summed E-state index contributed by atoms with van der Waals surface area (Å²) in [6, 6.07) is 3.27. The Labute approximate surface area is 90.1 Å². The van der Waals surface area contributed by atoms with E-state index in [0.717, 1.165) is 4.90 Å². The fourth-order valence-electron chi connectivity index (χ4n) is 1.18. The summed E-state index contributed by atoms with van der Waals surface area (Å²) in [4.78, 5) is 11.9. The van der Waals surface area contributed by atoms with Gasteiger partial charge in [-0.15, -0.1) is 0 Å². The van der Waals surface area contributed by atoms with Gasteiger partial charge >= 0.3 is 6.03 Å². The first kappa shape index (κ1) is 9.48. The zero-order chi connectivity index (χ0) is 10.1. The second-order valence-corrected chi connectivity index (χ2v) is 3.87. The molecule has 0 fully saturated rings. The molecule has 0 atom stereocenters. The Balaban J connectivity index is 2.54. The van der Waals surface area contributed by atoms with E-state index >= 15 is 0 Å². The maximum atomic E-state index is 11.1. The maximum Gasteiger partial charge on any atom is 0.329 e. The molecule has 2 amide bonds. The lowest BCUT2D eigenvalue weighted by Crippen LogP contribution is -2.27. The smallest absolute Gasteiger partial charge is 0.329 e. The maximum absolute atomic E-state index is 11.1. The fourth-order valence-corrected chi connectivity index (χ4v) is 2.05. The fraction of sp³-hybridized carbons (Fsp3) is 0.125. The van der Waals surface area contributed by atoms with E-state index in [9.17, 15) is 4.79 Å². The predicted molar refractivity (Wildman–Crippen MR) is 56.0 cm³/mol. The number of methoxy groups -OCH3 is 1. The lowest BCUT2D eigenvalue weighted by atomic mass is 10.3. The Morgan fingerprint density at radius 1 is 1.50 bits per heavy atom. The number of anilines is 1. The Bertz CT molecular complexity index is 397. The third-order valence-corrected chi connectivity index (χ3v) is 2.91. The summed E-state index contributed by atoms with van der Waals surface area (Å²) in [5, 5.41) is 3.12. The first-order valence-corrected chi connectivity index (χ1v) is 5.02. The van der Waals surface area contributed by atoms with Crippen LogP contribution in [0.4, 0.5) is 10.5 Å². The molecule has 0 aliphatic carbocycles. The number of nitrogens with one attached hydrogen (secondary N) is 2. The average molecular weight is 231 g/mol. The third kappa shape index (κ3) is 1.49. The Morgan fingerprint density at radius 3 is 3.00 bits per heavy atom. The van der Waals surface area contributed by atoms with Gasteiger partial charge < -0.3 is 10.1 Å². The molecular formula is C8H7ClN2O2S. The van der Waals surface area contributed by atoms with Crippen molar-refractivity contribution in [1.82, 2.24) is 4.72 Å². The van der Waals surface area contributed by atoms with E-state index in [1.807, 2.05) is 6.07 Å². The van der Waals surface area contributed by atoms with Crippen molar-refractivity contribution in [3.05, 3.63) is 17.2 Å². The SMILES string of the molecule is COc1c(Cl)ccc2c1NC(=O)NS2. The van der Waals surface area contributed by atoms with E-state index in [1.165, 1.54) is 19.1 Å². The standard InChI is InChI=1S/C8H7ClN2O2S/c1-13-7-4(9)2-3-5-6(7)10-8(12)11-14-5/h2-3H,1H3,(H2,10,11,12). The van der Waals surface area contributed by atoms with Gasteiger partial charge in [-0.3, -0.25) is 4.72 Å². The van der Waals surface area contributed by atoms with E-state index in [2.05, 4.69) is 10.0 Å². The molecule has 1 aromatic carbocycles. The van der Waals surface area contributed by atoms with Crippen molar-refractivity contribution in [2.45, 2.75) is 4.90 Å². The van der Waals surface area contributed by atoms with Gasteiger partial charge in [0.1, 0.15) is 5.69 Å². The molecule has 0 radical (unpaired) electrons. The third-order valence-electron chi connectivity index (χ3n) is 1.77. The second-order valence-electron chi connectivity index (χ2n) is 2.61. The lowest BCUT2D eigenvalue weighted by Gasteiger charge is -2.19. The topological polar surface area (TPSA) is 50.4 Å². The zero-order valence-electron chi connectivity index (χ0n) is 7.26. The number of urea groups is 1. The largest absolute Gasteiger partial charge is 0.493 e. The van der Waals surface area contributed by atoms with Gasteiger partial charge in [0.15, 0.2) is 5.75 Å². The molecule has 6 heteroatoms. The average Bonchev–Trinajstić information content (AvgIpc) is 2.17. The van der Waals surface area contributed by atoms with Gasteiger partial charge in [0.25, 0.3) is 0 Å². The highest BCUT2D eigenvalue weighted by Gasteiger charge is 2.20. The lowest BCUT2D eigenvalue weighted by molar-refractivity contribution is 0.256. The van der Waals surface area contributed by atoms with Gasteiger partial charge in [-0.25, -0.2) is 4.79 Å². The van der Waals surface area contributed by atoms with Crippen molar-refractivity contribution in [2.24, 2.45) is 0 Å². The van der Waals surface area contributed by atoms with Crippen LogP contribution in [0.1, 0.15) is 0 Å². The molecule has 0 spiro atoms. The number of hydrogen-bond donors (Lipinski definition) is 2. The molecule has 1 aliphatic heterocycles. The molecule has 0 aromatic heterocycles. The van der Waals surface area contributed by atoms with E-state index in [-0.39, 0.29) is 6.03 Å². The highest BCUT2D eigenvalue weighted by Crippen LogP contribution is 2.41. The molecule has 1 heterocycles. The van der Waals surface area contributed by atoms with Crippen LogP contribution in [-0.2, 0) is 0 Å². The second kappa shape index (κ2) is 3.59. The number of carbonyl (C=O) groups excluding carboxylic acids is 1. The van der Waals surface area contributed by atoms with Crippen molar-refractivity contribution in [1.29, 1.82) is 0 Å². The number of benzene rings is 1. The molecule has 2 rings (SSSR count). The number of halogens is 1. The molecule has 0 unspecified atom stereocenters. The molecule has 1 aromatic rings. The number of rotatable bonds is 1. The van der Waals surface area contributed by atoms with Crippen LogP contribution in [0.3, 0.4) is 0 Å². The summed E-state index contributed by atoms with van der Waals surface area (Å²) >= 11 is 7.14. The summed E-state index contributed by atoms with van der Waals surface area (Å²) < 4.78 is 7.68. The van der Waals surface area contributed by atoms with Crippen LogP contribution >= 0.6 is 23.5 Å². The van der Waals surface area contributed by atoms with Crippen LogP contribution in [0.5, 0.6) is 5.75 Å². The summed E-state index contributed by atoms with van der Waals surface area (Å²) in [6.07, 6.45) is 0. The first-order valence-electron chi connectivity index (χ1n) is 3.82. The van der Waals surface area contributed by atoms with E-state index < -0.39 is 0 Å². The molecule has 4 nitrogen and oxygen atoms in total. The van der Waals surface area contributed by atoms with Gasteiger partial charge in [-0.05, 0) is 24.1 Å². The zero-order valence-corrected chi connectivity index (χ0v) is 8.83. The highest BCUT2D eigenvalue weighted by atomic mass is 35.5. The molecule has 0 bridgehead atoms. The Morgan fingerprint density at radius 2 is 2.29 bits per heavy atom. The number of carbonyl (C=O) groups is 1. The number of amides is 2. The van der Waals surface area contributed by atoms with Crippen LogP contribution in [-0.4, -0.2) is 13.1 Å². The van der Waals surface area contributed by atoms with Crippen molar-refractivity contribution < 1.29 is 9.53 Å². The molecular weight excluding hydrogens is 224 g/mol. The normalized spacial score (nSPS) is 14.0. The van der Waals surface area contributed by atoms with Crippen LogP contribution in [0.15, 0.2) is 17.0 Å². The van der Waals surface area contributed by atoms with Crippen molar-refractivity contribution >= 4 is 35.3 Å². The monoisotopic (exact) mass is 230 g/mol. The summed E-state index contributed by atoms with van der Waals surface area (Å²) in [7, 11) is 1.51. The van der Waals surface area contributed by atoms with Crippen molar-refractivity contribution in [2.75, 3.05) is 12.4 Å². The minimum absolute atomic E-state index is 0.275. The minimum Gasteiger partial charge on any atom is -0.493 e. The van der Waals surface area contributed by atoms with E-state index in [0.29, 0.717) is 16.5 Å². The molecule has 0 saturated heterocycles. The van der Waals surface area contributed by atoms with Gasteiger partial charge in [0.2, 0.25) is 0 Å². The first-order chi connectivity index (χ1) is 6.72. The summed E-state index contributed by atoms with van der Waals surface area (Å²) in [6.45, 7) is 0. The molecule has 14 heavy (non-hydrogen) atoms. The minimum atomic E-state index is -0.275. The molecule has 74 valence electrons. The Hall–Kier alpha value is -1.07. The van der Waals surface area contributed by atoms with Crippen LogP contribution in [0, 0.1) is 0 Å². The Kier molecular flexibility index (Phi) is 2.43. The number of ether oxygens (including phenoxy) is 1. The van der Waals surface area contributed by atoms with Crippen LogP contribution in [0.25, 0.3) is 0 Å². The molecule has 0 saturated carbocycles. The summed E-state index contributed by atoms with van der Waals surface area (Å²) in [5.74, 6) is 0.492.